The molecule has 0 atom stereocenters. The van der Waals surface area contributed by atoms with E-state index in [4.69, 9.17) is 22.3 Å². The molecule has 0 radical (unpaired) electrons. The molecule has 0 saturated carbocycles. The van der Waals surface area contributed by atoms with E-state index in [0.717, 1.165) is 6.29 Å². The van der Waals surface area contributed by atoms with Gasteiger partial charge in [-0.25, -0.2) is 0 Å². The first kappa shape index (κ1) is 31.3. The Balaban J connectivity index is -0.000000102. The van der Waals surface area contributed by atoms with Crippen molar-refractivity contribution in [2.75, 3.05) is 0 Å². The van der Waals surface area contributed by atoms with E-state index in [9.17, 15) is 0 Å². The van der Waals surface area contributed by atoms with Crippen LogP contribution in [0.2, 0.25) is 0 Å². The topological polar surface area (TPSA) is 91.7 Å². The molecule has 0 spiro atoms. The quantitative estimate of drug-likeness (QED) is 0.254. The Kier molecular flexibility index (Phi) is 37.3. The largest absolute Gasteiger partial charge is 1.00 e. The fourth-order valence-electron chi connectivity index (χ4n) is 1.91. The Morgan fingerprint density at radius 1 is 0.739 bits per heavy atom. The van der Waals surface area contributed by atoms with Crippen molar-refractivity contribution in [3.05, 3.63) is 0 Å². The summed E-state index contributed by atoms with van der Waals surface area (Å²) in [6, 6.07) is 0. The summed E-state index contributed by atoms with van der Waals surface area (Å²) in [6.07, 6.45) is 18.2. The van der Waals surface area contributed by atoms with Gasteiger partial charge in [0.05, 0.1) is 0 Å². The second-order valence-electron chi connectivity index (χ2n) is 5.22. The second-order valence-corrected chi connectivity index (χ2v) is 6.11. The number of rotatable bonds is 11. The van der Waals surface area contributed by atoms with Gasteiger partial charge in [0.15, 0.2) is 0 Å². The summed E-state index contributed by atoms with van der Waals surface area (Å²) in [6.45, 7) is 6.02. The summed E-state index contributed by atoms with van der Waals surface area (Å²) < 4.78 is 31.6. The van der Waals surface area contributed by atoms with Gasteiger partial charge in [0, 0.05) is 0 Å². The van der Waals surface area contributed by atoms with Crippen LogP contribution < -0.4 is 29.6 Å². The van der Waals surface area contributed by atoms with Crippen LogP contribution in [0.4, 0.5) is 0 Å². The average Bonchev–Trinajstić information content (AvgIpc) is 2.40. The zero-order valence-electron chi connectivity index (χ0n) is 16.6. The van der Waals surface area contributed by atoms with Gasteiger partial charge in [-0.1, -0.05) is 90.9 Å². The average molecular weight is 365 g/mol. The van der Waals surface area contributed by atoms with Crippen LogP contribution in [0.5, 0.6) is 0 Å². The molecule has 0 aromatic rings. The van der Waals surface area contributed by atoms with Gasteiger partial charge in [0.25, 0.3) is 0 Å². The normalized spacial score (nSPS) is 9.61. The van der Waals surface area contributed by atoms with E-state index in [-0.39, 0.29) is 31.0 Å². The summed E-state index contributed by atoms with van der Waals surface area (Å²) >= 11 is 0. The van der Waals surface area contributed by atoms with Gasteiger partial charge in [0.1, 0.15) is 6.29 Å². The summed E-state index contributed by atoms with van der Waals surface area (Å²) in [5.41, 5.74) is 0. The molecule has 7 heteroatoms. The fraction of sp³-hybridized carbons (Fsp3) is 0.938. The van der Waals surface area contributed by atoms with Crippen molar-refractivity contribution in [3.8, 4) is 0 Å². The van der Waals surface area contributed by atoms with E-state index in [1.807, 2.05) is 0 Å². The Morgan fingerprint density at radius 3 is 1.00 bits per heavy atom. The monoisotopic (exact) mass is 364 g/mol. The molecular formula is C16H37NaO5S. The van der Waals surface area contributed by atoms with E-state index in [1.54, 1.807) is 0 Å². The predicted molar refractivity (Wildman–Crippen MR) is 93.8 cm³/mol. The zero-order chi connectivity index (χ0) is 17.7. The Hall–Kier alpha value is 0.540. The summed E-state index contributed by atoms with van der Waals surface area (Å²) in [4.78, 5) is 8.81. The molecule has 0 bridgehead atoms. The van der Waals surface area contributed by atoms with Crippen molar-refractivity contribution < 1.29 is 53.3 Å². The molecule has 0 amide bonds. The van der Waals surface area contributed by atoms with Crippen molar-refractivity contribution in [3.63, 3.8) is 0 Å². The Labute approximate surface area is 167 Å². The molecule has 23 heavy (non-hydrogen) atoms. The molecule has 0 saturated heterocycles. The number of aldehydes is 1. The minimum atomic E-state index is -4.67. The van der Waals surface area contributed by atoms with Gasteiger partial charge in [-0.2, -0.15) is 8.42 Å². The maximum absolute atomic E-state index is 8.81. The second kappa shape index (κ2) is 27.4. The molecule has 0 aromatic carbocycles. The van der Waals surface area contributed by atoms with Crippen LogP contribution in [0.1, 0.15) is 99.2 Å². The first-order chi connectivity index (χ1) is 10.3. The van der Waals surface area contributed by atoms with Crippen LogP contribution in [0, 0.1) is 0 Å². The molecule has 0 aliphatic heterocycles. The van der Waals surface area contributed by atoms with Gasteiger partial charge in [-0.05, 0) is 6.92 Å². The van der Waals surface area contributed by atoms with Crippen molar-refractivity contribution in [2.45, 2.75) is 97.8 Å². The number of unbranched alkanes of at least 4 members (excludes halogenated alkanes) is 11. The third-order valence-corrected chi connectivity index (χ3v) is 2.96. The van der Waals surface area contributed by atoms with Crippen LogP contribution >= 0.6 is 0 Å². The van der Waals surface area contributed by atoms with E-state index in [1.165, 1.54) is 84.0 Å². The van der Waals surface area contributed by atoms with Crippen molar-refractivity contribution in [1.29, 1.82) is 0 Å². The van der Waals surface area contributed by atoms with Gasteiger partial charge in [-0.15, -0.1) is 0 Å². The standard InChI is InChI=1S/C14H30.C2H4O.Na.H2O4S.H/c1-3-5-7-9-11-13-14-12-10-8-6-4-2;1-2-3;;1-5(2,3)4;/h3-14H2,1-2H3;2H,1H3;;(H2,1,2,3,4);/q;;+1;;-1. The van der Waals surface area contributed by atoms with Crippen LogP contribution in [0.3, 0.4) is 0 Å². The van der Waals surface area contributed by atoms with E-state index < -0.39 is 10.4 Å². The Morgan fingerprint density at radius 2 is 0.870 bits per heavy atom. The molecule has 0 aliphatic rings. The minimum Gasteiger partial charge on any atom is -1.00 e. The Bertz CT molecular complexity index is 281. The first-order valence-electron chi connectivity index (χ1n) is 8.43. The summed E-state index contributed by atoms with van der Waals surface area (Å²) in [7, 11) is -4.67. The molecule has 138 valence electrons. The molecule has 0 unspecified atom stereocenters. The molecule has 0 rings (SSSR count). The van der Waals surface area contributed by atoms with Crippen LogP contribution in [0.25, 0.3) is 0 Å². The number of hydrogen-bond donors (Lipinski definition) is 2. The van der Waals surface area contributed by atoms with Gasteiger partial charge >= 0.3 is 40.0 Å². The molecule has 0 aromatic heterocycles. The van der Waals surface area contributed by atoms with Crippen LogP contribution in [0.15, 0.2) is 0 Å². The number of hydrogen-bond acceptors (Lipinski definition) is 3. The predicted octanol–water partition coefficient (Wildman–Crippen LogP) is 2.38. The fourth-order valence-corrected chi connectivity index (χ4v) is 1.91. The van der Waals surface area contributed by atoms with Gasteiger partial charge in [-0.3, -0.25) is 9.11 Å². The van der Waals surface area contributed by atoms with E-state index in [0.29, 0.717) is 0 Å². The number of carbonyl (C=O) groups excluding carboxylic acids is 1. The van der Waals surface area contributed by atoms with Crippen molar-refractivity contribution >= 4 is 16.7 Å². The zero-order valence-corrected chi connectivity index (χ0v) is 18.4. The van der Waals surface area contributed by atoms with Crippen LogP contribution in [-0.4, -0.2) is 23.8 Å². The maximum Gasteiger partial charge on any atom is 1.00 e. The SMILES string of the molecule is CC=O.CCCCCCCCCCCCCC.O=S(=O)(O)O.[H-].[Na+]. The van der Waals surface area contributed by atoms with Crippen molar-refractivity contribution in [1.82, 2.24) is 0 Å². The molecule has 0 aliphatic carbocycles. The first-order valence-corrected chi connectivity index (χ1v) is 9.82. The van der Waals surface area contributed by atoms with Gasteiger partial charge in [0.2, 0.25) is 0 Å². The number of carbonyl (C=O) groups is 1. The summed E-state index contributed by atoms with van der Waals surface area (Å²) in [5.74, 6) is 0. The molecular weight excluding hydrogens is 327 g/mol. The molecule has 0 fully saturated rings. The van der Waals surface area contributed by atoms with E-state index in [2.05, 4.69) is 13.8 Å². The molecule has 0 heterocycles. The van der Waals surface area contributed by atoms with E-state index >= 15 is 0 Å². The minimum absolute atomic E-state index is 0. The smallest absolute Gasteiger partial charge is 1.00 e. The molecule has 2 N–H and O–H groups in total. The summed E-state index contributed by atoms with van der Waals surface area (Å²) in [5, 5.41) is 0. The third kappa shape index (κ3) is 71.4. The van der Waals surface area contributed by atoms with Crippen LogP contribution in [-0.2, 0) is 15.2 Å². The third-order valence-electron chi connectivity index (χ3n) is 2.96. The van der Waals surface area contributed by atoms with Gasteiger partial charge < -0.3 is 6.22 Å². The molecule has 5 nitrogen and oxygen atoms in total. The van der Waals surface area contributed by atoms with Crippen molar-refractivity contribution in [2.24, 2.45) is 0 Å². The maximum atomic E-state index is 8.81.